The van der Waals surface area contributed by atoms with Crippen LogP contribution in [-0.2, 0) is 4.84 Å². The first-order chi connectivity index (χ1) is 3.27. The van der Waals surface area contributed by atoms with Gasteiger partial charge in [-0.1, -0.05) is 21.1 Å². The molecule has 42 valence electrons. The second-order valence-corrected chi connectivity index (χ2v) is 2.56. The van der Waals surface area contributed by atoms with Crippen LogP contribution in [0.5, 0.6) is 0 Å². The largest absolute Gasteiger partial charge is 0.399 e. The van der Waals surface area contributed by atoms with E-state index in [9.17, 15) is 0 Å². The number of oxime groups is 1. The summed E-state index contributed by atoms with van der Waals surface area (Å²) in [6, 6.07) is 0. The minimum Gasteiger partial charge on any atom is -0.399 e. The summed E-state index contributed by atoms with van der Waals surface area (Å²) in [5, 5.41) is 3.50. The molecule has 1 atom stereocenters. The van der Waals surface area contributed by atoms with Gasteiger partial charge in [-0.25, -0.2) is 0 Å². The van der Waals surface area contributed by atoms with Gasteiger partial charge >= 0.3 is 0 Å². The highest BCUT2D eigenvalue weighted by Gasteiger charge is 1.83. The van der Waals surface area contributed by atoms with Crippen LogP contribution >= 0.6 is 15.9 Å². The lowest BCUT2D eigenvalue weighted by Gasteiger charge is -1.87. The maximum atomic E-state index is 4.39. The molecule has 0 aromatic rings. The van der Waals surface area contributed by atoms with Crippen LogP contribution in [0, 0.1) is 0 Å². The third-order valence-corrected chi connectivity index (χ3v) is 0.608. The standard InChI is InChI=1S/C4H8BrNO/c1-4(5)3-6-7-2/h3-4H,1-2H3. The maximum absolute atomic E-state index is 4.39. The second-order valence-electron chi connectivity index (χ2n) is 1.11. The zero-order valence-electron chi connectivity index (χ0n) is 4.39. The quantitative estimate of drug-likeness (QED) is 0.345. The summed E-state index contributed by atoms with van der Waals surface area (Å²) in [7, 11) is 1.52. The number of hydrogen-bond acceptors (Lipinski definition) is 2. The Morgan fingerprint density at radius 2 is 2.43 bits per heavy atom. The summed E-state index contributed by atoms with van der Waals surface area (Å²) < 4.78 is 0. The van der Waals surface area contributed by atoms with Crippen LogP contribution in [0.3, 0.4) is 0 Å². The molecule has 0 N–H and O–H groups in total. The van der Waals surface area contributed by atoms with Crippen molar-refractivity contribution < 1.29 is 4.84 Å². The average molecular weight is 166 g/mol. The van der Waals surface area contributed by atoms with Crippen LogP contribution < -0.4 is 0 Å². The average Bonchev–Trinajstić information content (AvgIpc) is 1.61. The molecular formula is C4H8BrNO. The van der Waals surface area contributed by atoms with E-state index < -0.39 is 0 Å². The topological polar surface area (TPSA) is 21.6 Å². The minimum absolute atomic E-state index is 0.299. The van der Waals surface area contributed by atoms with Crippen molar-refractivity contribution in [3.63, 3.8) is 0 Å². The third kappa shape index (κ3) is 5.95. The molecule has 0 radical (unpaired) electrons. The van der Waals surface area contributed by atoms with Crippen molar-refractivity contribution >= 4 is 22.1 Å². The highest BCUT2D eigenvalue weighted by Crippen LogP contribution is 1.90. The van der Waals surface area contributed by atoms with E-state index in [2.05, 4.69) is 25.9 Å². The minimum atomic E-state index is 0.299. The fourth-order valence-corrected chi connectivity index (χ4v) is 0.241. The number of nitrogens with zero attached hydrogens (tertiary/aromatic N) is 1. The monoisotopic (exact) mass is 165 g/mol. The normalized spacial score (nSPS) is 14.7. The van der Waals surface area contributed by atoms with E-state index in [0.717, 1.165) is 0 Å². The lowest BCUT2D eigenvalue weighted by molar-refractivity contribution is 0.215. The van der Waals surface area contributed by atoms with Gasteiger partial charge in [-0.15, -0.1) is 0 Å². The van der Waals surface area contributed by atoms with Crippen molar-refractivity contribution in [3.8, 4) is 0 Å². The molecule has 0 aliphatic carbocycles. The SMILES string of the molecule is CON=CC(C)Br. The van der Waals surface area contributed by atoms with E-state index in [1.807, 2.05) is 6.92 Å². The molecule has 0 spiro atoms. The predicted molar refractivity (Wildman–Crippen MR) is 33.9 cm³/mol. The first kappa shape index (κ1) is 6.95. The fourth-order valence-electron chi connectivity index (χ4n) is 0.145. The van der Waals surface area contributed by atoms with Gasteiger partial charge in [-0.2, -0.15) is 0 Å². The Hall–Kier alpha value is -0.0500. The van der Waals surface area contributed by atoms with Crippen molar-refractivity contribution in [1.29, 1.82) is 0 Å². The van der Waals surface area contributed by atoms with Crippen LogP contribution in [-0.4, -0.2) is 18.2 Å². The molecule has 0 aliphatic rings. The van der Waals surface area contributed by atoms with Crippen LogP contribution in [0.25, 0.3) is 0 Å². The van der Waals surface area contributed by atoms with Gasteiger partial charge in [-0.3, -0.25) is 0 Å². The lowest BCUT2D eigenvalue weighted by Crippen LogP contribution is -1.89. The molecule has 7 heavy (non-hydrogen) atoms. The van der Waals surface area contributed by atoms with Crippen LogP contribution in [0.4, 0.5) is 0 Å². The highest BCUT2D eigenvalue weighted by atomic mass is 79.9. The Morgan fingerprint density at radius 1 is 1.86 bits per heavy atom. The van der Waals surface area contributed by atoms with Gasteiger partial charge in [0.05, 0.1) is 11.0 Å². The van der Waals surface area contributed by atoms with Crippen molar-refractivity contribution in [2.24, 2.45) is 5.16 Å². The molecular weight excluding hydrogens is 158 g/mol. The molecule has 0 rings (SSSR count). The Balaban J connectivity index is 3.08. The predicted octanol–water partition coefficient (Wildman–Crippen LogP) is 1.40. The maximum Gasteiger partial charge on any atom is 0.106 e. The van der Waals surface area contributed by atoms with Crippen molar-refractivity contribution in [2.45, 2.75) is 11.8 Å². The van der Waals surface area contributed by atoms with E-state index in [1.165, 1.54) is 7.11 Å². The number of alkyl halides is 1. The van der Waals surface area contributed by atoms with E-state index >= 15 is 0 Å². The Bertz CT molecular complexity index is 62.7. The molecule has 1 unspecified atom stereocenters. The van der Waals surface area contributed by atoms with Gasteiger partial charge in [0.25, 0.3) is 0 Å². The van der Waals surface area contributed by atoms with Crippen molar-refractivity contribution in [2.75, 3.05) is 7.11 Å². The molecule has 0 saturated carbocycles. The molecule has 3 heteroatoms. The zero-order valence-corrected chi connectivity index (χ0v) is 5.97. The molecule has 0 amide bonds. The number of rotatable bonds is 2. The Labute approximate surface area is 51.7 Å². The van der Waals surface area contributed by atoms with E-state index in [1.54, 1.807) is 6.21 Å². The summed E-state index contributed by atoms with van der Waals surface area (Å²) >= 11 is 3.25. The Kier molecular flexibility index (Phi) is 4.09. The molecule has 0 fully saturated rings. The van der Waals surface area contributed by atoms with Crippen LogP contribution in [0.1, 0.15) is 6.92 Å². The smallest absolute Gasteiger partial charge is 0.106 e. The second kappa shape index (κ2) is 4.12. The molecule has 0 aliphatic heterocycles. The molecule has 0 aromatic heterocycles. The summed E-state index contributed by atoms with van der Waals surface area (Å²) in [4.78, 5) is 4.69. The molecule has 0 heterocycles. The van der Waals surface area contributed by atoms with Crippen molar-refractivity contribution in [1.82, 2.24) is 0 Å². The highest BCUT2D eigenvalue weighted by molar-refractivity contribution is 9.09. The number of halogens is 1. The molecule has 0 saturated heterocycles. The van der Waals surface area contributed by atoms with Gasteiger partial charge in [0.2, 0.25) is 0 Å². The van der Waals surface area contributed by atoms with E-state index in [-0.39, 0.29) is 0 Å². The van der Waals surface area contributed by atoms with Gasteiger partial charge in [-0.05, 0) is 6.92 Å². The van der Waals surface area contributed by atoms with Gasteiger partial charge in [0.1, 0.15) is 7.11 Å². The van der Waals surface area contributed by atoms with Crippen molar-refractivity contribution in [3.05, 3.63) is 0 Å². The van der Waals surface area contributed by atoms with Gasteiger partial charge < -0.3 is 4.84 Å². The fraction of sp³-hybridized carbons (Fsp3) is 0.750. The molecule has 0 bridgehead atoms. The lowest BCUT2D eigenvalue weighted by atomic mass is 10.5. The van der Waals surface area contributed by atoms with Gasteiger partial charge in [0.15, 0.2) is 0 Å². The van der Waals surface area contributed by atoms with Crippen LogP contribution in [0.2, 0.25) is 0 Å². The summed E-state index contributed by atoms with van der Waals surface area (Å²) in [5.74, 6) is 0. The first-order valence-electron chi connectivity index (χ1n) is 1.98. The van der Waals surface area contributed by atoms with Crippen LogP contribution in [0.15, 0.2) is 5.16 Å². The van der Waals surface area contributed by atoms with E-state index in [0.29, 0.717) is 4.83 Å². The summed E-state index contributed by atoms with van der Waals surface area (Å²) in [5.41, 5.74) is 0. The third-order valence-electron chi connectivity index (χ3n) is 0.372. The summed E-state index contributed by atoms with van der Waals surface area (Å²) in [6.45, 7) is 1.96. The first-order valence-corrected chi connectivity index (χ1v) is 2.89. The van der Waals surface area contributed by atoms with E-state index in [4.69, 9.17) is 0 Å². The zero-order chi connectivity index (χ0) is 5.70. The number of hydrogen-bond donors (Lipinski definition) is 0. The molecule has 0 aromatic carbocycles. The molecule has 2 nitrogen and oxygen atoms in total. The Morgan fingerprint density at radius 3 is 2.57 bits per heavy atom. The summed E-state index contributed by atoms with van der Waals surface area (Å²) in [6.07, 6.45) is 1.67. The van der Waals surface area contributed by atoms with Gasteiger partial charge in [0, 0.05) is 0 Å².